The highest BCUT2D eigenvalue weighted by molar-refractivity contribution is 5.95. The summed E-state index contributed by atoms with van der Waals surface area (Å²) in [6, 6.07) is 7.94. The van der Waals surface area contributed by atoms with Crippen LogP contribution in [-0.2, 0) is 10.2 Å². The fourth-order valence-corrected chi connectivity index (χ4v) is 2.61. The summed E-state index contributed by atoms with van der Waals surface area (Å²) < 4.78 is 0. The zero-order chi connectivity index (χ0) is 18.5. The molecular formula is C19H32N3O2+. The first-order chi connectivity index (χ1) is 11.1. The molecule has 2 atom stereocenters. The number of hydrogen-bond acceptors (Lipinski definition) is 2. The second-order valence-corrected chi connectivity index (χ2v) is 7.69. The minimum Gasteiger partial charge on any atom is -0.341 e. The van der Waals surface area contributed by atoms with Crippen molar-refractivity contribution >= 4 is 11.9 Å². The van der Waals surface area contributed by atoms with Gasteiger partial charge in [0, 0.05) is 18.5 Å². The summed E-state index contributed by atoms with van der Waals surface area (Å²) in [5.74, 6) is 0.0760. The van der Waals surface area contributed by atoms with E-state index in [1.807, 2.05) is 12.2 Å². The summed E-state index contributed by atoms with van der Waals surface area (Å²) in [7, 11) is 1.49. The van der Waals surface area contributed by atoms with E-state index in [4.69, 9.17) is 0 Å². The maximum atomic E-state index is 12.1. The molecule has 1 aromatic carbocycles. The molecule has 0 bridgehead atoms. The van der Waals surface area contributed by atoms with E-state index in [1.54, 1.807) is 0 Å². The van der Waals surface area contributed by atoms with Crippen molar-refractivity contribution in [3.05, 3.63) is 35.4 Å². The Bertz CT molecular complexity index is 559. The average molecular weight is 334 g/mol. The van der Waals surface area contributed by atoms with Crippen molar-refractivity contribution in [2.45, 2.75) is 59.0 Å². The van der Waals surface area contributed by atoms with Crippen molar-refractivity contribution in [1.82, 2.24) is 10.6 Å². The predicted molar refractivity (Wildman–Crippen MR) is 96.7 cm³/mol. The van der Waals surface area contributed by atoms with Crippen molar-refractivity contribution in [2.75, 3.05) is 7.05 Å². The molecule has 0 heterocycles. The Balaban J connectivity index is 2.87. The highest BCUT2D eigenvalue weighted by atomic mass is 16.2. The molecule has 5 heteroatoms. The molecule has 0 fully saturated rings. The summed E-state index contributed by atoms with van der Waals surface area (Å²) in [5.41, 5.74) is 2.60. The second kappa shape index (κ2) is 8.29. The monoisotopic (exact) mass is 334 g/mol. The van der Waals surface area contributed by atoms with Crippen LogP contribution >= 0.6 is 0 Å². The maximum Gasteiger partial charge on any atom is 0.321 e. The summed E-state index contributed by atoms with van der Waals surface area (Å²) in [4.78, 5) is 23.4. The number of hydrogen-bond donors (Lipinski definition) is 3. The van der Waals surface area contributed by atoms with Gasteiger partial charge in [-0.1, -0.05) is 58.9 Å². The van der Waals surface area contributed by atoms with Crippen molar-refractivity contribution in [3.63, 3.8) is 0 Å². The largest absolute Gasteiger partial charge is 0.341 e. The van der Waals surface area contributed by atoms with Crippen molar-refractivity contribution < 1.29 is 14.9 Å². The number of carbonyl (C=O) groups is 2. The molecule has 5 nitrogen and oxygen atoms in total. The van der Waals surface area contributed by atoms with Gasteiger partial charge in [-0.05, 0) is 17.9 Å². The minimum atomic E-state index is -0.476. The third-order valence-corrected chi connectivity index (χ3v) is 4.25. The van der Waals surface area contributed by atoms with Gasteiger partial charge in [-0.15, -0.1) is 0 Å². The van der Waals surface area contributed by atoms with E-state index < -0.39 is 6.03 Å². The van der Waals surface area contributed by atoms with Gasteiger partial charge in [0.25, 0.3) is 5.91 Å². The van der Waals surface area contributed by atoms with Crippen LogP contribution in [0.3, 0.4) is 0 Å². The number of imide groups is 1. The SMILES string of the molecule is CNC(=O)NC(=O)[C@H](C)[NH2+][C@H](c1ccc(C(C)(C)C)cc1)C(C)C. The first-order valence-corrected chi connectivity index (χ1v) is 8.54. The number of benzene rings is 1. The van der Waals surface area contributed by atoms with Gasteiger partial charge in [0.1, 0.15) is 6.04 Å². The van der Waals surface area contributed by atoms with Gasteiger partial charge in [-0.25, -0.2) is 4.79 Å². The third kappa shape index (κ3) is 5.64. The van der Waals surface area contributed by atoms with Crippen LogP contribution < -0.4 is 16.0 Å². The van der Waals surface area contributed by atoms with Gasteiger partial charge in [-0.2, -0.15) is 0 Å². The maximum absolute atomic E-state index is 12.1. The Morgan fingerprint density at radius 2 is 1.58 bits per heavy atom. The summed E-state index contributed by atoms with van der Waals surface area (Å²) in [6.45, 7) is 12.7. The number of nitrogens with two attached hydrogens (primary N) is 1. The molecular weight excluding hydrogens is 302 g/mol. The highest BCUT2D eigenvalue weighted by Crippen LogP contribution is 2.25. The molecule has 1 rings (SSSR count). The number of rotatable bonds is 5. The van der Waals surface area contributed by atoms with Gasteiger partial charge >= 0.3 is 6.03 Å². The molecule has 0 aromatic heterocycles. The standard InChI is InChI=1S/C19H31N3O2/c1-12(2)16(21-13(3)17(23)22-18(24)20-7)14-8-10-15(11-9-14)19(4,5)6/h8-13,16,21H,1-7H3,(H2,20,22,23,24)/p+1/t13-,16-/m0/s1. The van der Waals surface area contributed by atoms with E-state index >= 15 is 0 Å². The molecule has 1 aromatic rings. The molecule has 0 unspecified atom stereocenters. The molecule has 0 spiro atoms. The average Bonchev–Trinajstić information content (AvgIpc) is 2.51. The first kappa shape index (κ1) is 20.2. The smallest absolute Gasteiger partial charge is 0.321 e. The van der Waals surface area contributed by atoms with Crippen molar-refractivity contribution in [3.8, 4) is 0 Å². The lowest BCUT2D eigenvalue weighted by Gasteiger charge is -2.24. The van der Waals surface area contributed by atoms with E-state index in [2.05, 4.69) is 69.5 Å². The Kier molecular flexibility index (Phi) is 6.96. The molecule has 0 radical (unpaired) electrons. The lowest BCUT2D eigenvalue weighted by Crippen LogP contribution is -2.93. The van der Waals surface area contributed by atoms with Crippen LogP contribution in [0.5, 0.6) is 0 Å². The van der Waals surface area contributed by atoms with Crippen LogP contribution in [0.15, 0.2) is 24.3 Å². The predicted octanol–water partition coefficient (Wildman–Crippen LogP) is 2.09. The Labute approximate surface area is 145 Å². The van der Waals surface area contributed by atoms with E-state index in [1.165, 1.54) is 18.2 Å². The zero-order valence-electron chi connectivity index (χ0n) is 15.9. The fraction of sp³-hybridized carbons (Fsp3) is 0.579. The van der Waals surface area contributed by atoms with Gasteiger partial charge in [0.2, 0.25) is 0 Å². The Hall–Kier alpha value is -1.88. The van der Waals surface area contributed by atoms with Gasteiger partial charge in [0.05, 0.1) is 0 Å². The summed E-state index contributed by atoms with van der Waals surface area (Å²) >= 11 is 0. The first-order valence-electron chi connectivity index (χ1n) is 8.54. The van der Waals surface area contributed by atoms with Crippen LogP contribution in [0.25, 0.3) is 0 Å². The van der Waals surface area contributed by atoms with Gasteiger partial charge in [-0.3, -0.25) is 10.1 Å². The van der Waals surface area contributed by atoms with Crippen LogP contribution in [0, 0.1) is 5.92 Å². The normalized spacial score (nSPS) is 14.2. The highest BCUT2D eigenvalue weighted by Gasteiger charge is 2.27. The molecule has 134 valence electrons. The lowest BCUT2D eigenvalue weighted by molar-refractivity contribution is -0.719. The van der Waals surface area contributed by atoms with Gasteiger partial charge < -0.3 is 10.6 Å². The number of urea groups is 1. The topological polar surface area (TPSA) is 74.8 Å². The van der Waals surface area contributed by atoms with Crippen LogP contribution in [-0.4, -0.2) is 25.0 Å². The molecule has 0 aliphatic heterocycles. The van der Waals surface area contributed by atoms with Gasteiger partial charge in [0.15, 0.2) is 6.04 Å². The number of amides is 3. The number of quaternary nitrogens is 1. The van der Waals surface area contributed by atoms with Crippen molar-refractivity contribution in [1.29, 1.82) is 0 Å². The number of nitrogens with one attached hydrogen (secondary N) is 2. The Morgan fingerprint density at radius 1 is 1.04 bits per heavy atom. The summed E-state index contributed by atoms with van der Waals surface area (Å²) in [5, 5.41) is 6.75. The van der Waals surface area contributed by atoms with E-state index in [-0.39, 0.29) is 23.4 Å². The molecule has 3 amide bonds. The van der Waals surface area contributed by atoms with Crippen LogP contribution in [0.2, 0.25) is 0 Å². The zero-order valence-corrected chi connectivity index (χ0v) is 15.9. The fourth-order valence-electron chi connectivity index (χ4n) is 2.61. The third-order valence-electron chi connectivity index (χ3n) is 4.25. The summed E-state index contributed by atoms with van der Waals surface area (Å²) in [6.07, 6.45) is 0. The van der Waals surface area contributed by atoms with Crippen LogP contribution in [0.1, 0.15) is 58.7 Å². The van der Waals surface area contributed by atoms with E-state index in [0.717, 1.165) is 0 Å². The van der Waals surface area contributed by atoms with E-state index in [9.17, 15) is 9.59 Å². The molecule has 0 aliphatic rings. The number of carbonyl (C=O) groups excluding carboxylic acids is 2. The lowest BCUT2D eigenvalue weighted by atomic mass is 9.85. The molecule has 0 saturated heterocycles. The molecule has 24 heavy (non-hydrogen) atoms. The second-order valence-electron chi connectivity index (χ2n) is 7.69. The molecule has 0 aliphatic carbocycles. The minimum absolute atomic E-state index is 0.121. The van der Waals surface area contributed by atoms with E-state index in [0.29, 0.717) is 5.92 Å². The molecule has 0 saturated carbocycles. The molecule has 4 N–H and O–H groups in total. The van der Waals surface area contributed by atoms with Crippen molar-refractivity contribution in [2.24, 2.45) is 5.92 Å². The quantitative estimate of drug-likeness (QED) is 0.771. The van der Waals surface area contributed by atoms with Crippen LogP contribution in [0.4, 0.5) is 4.79 Å². The Morgan fingerprint density at radius 3 is 2.00 bits per heavy atom.